The van der Waals surface area contributed by atoms with Crippen LogP contribution in [0.4, 0.5) is 0 Å². The fourth-order valence-corrected chi connectivity index (χ4v) is 5.05. The van der Waals surface area contributed by atoms with Gasteiger partial charge in [0.05, 0.1) is 16.0 Å². The summed E-state index contributed by atoms with van der Waals surface area (Å²) in [6, 6.07) is 3.06. The van der Waals surface area contributed by atoms with Gasteiger partial charge in [0.1, 0.15) is 17.0 Å². The second kappa shape index (κ2) is 6.10. The van der Waals surface area contributed by atoms with Gasteiger partial charge in [-0.15, -0.1) is 0 Å². The van der Waals surface area contributed by atoms with Gasteiger partial charge in [-0.25, -0.2) is 31.2 Å². The second-order valence-electron chi connectivity index (χ2n) is 5.52. The zero-order chi connectivity index (χ0) is 17.5. The molecule has 0 bridgehead atoms. The fraction of sp³-hybridized carbons (Fsp3) is 0.385. The maximum atomic E-state index is 12.7. The van der Waals surface area contributed by atoms with Crippen molar-refractivity contribution in [2.24, 2.45) is 0 Å². The first-order chi connectivity index (χ1) is 11.2. The summed E-state index contributed by atoms with van der Waals surface area (Å²) in [5, 5.41) is 3.99. The number of fused-ring (bicyclic) bond motifs is 1. The highest BCUT2D eigenvalue weighted by Crippen LogP contribution is 2.28. The molecule has 1 aromatic carbocycles. The van der Waals surface area contributed by atoms with E-state index in [9.17, 15) is 16.8 Å². The Kier molecular flexibility index (Phi) is 4.41. The van der Waals surface area contributed by atoms with Crippen LogP contribution in [-0.2, 0) is 26.4 Å². The number of nitrogens with one attached hydrogen (secondary N) is 1. The summed E-state index contributed by atoms with van der Waals surface area (Å²) in [6.45, 7) is 0.678. The average Bonchev–Trinajstić information content (AvgIpc) is 2.95. The summed E-state index contributed by atoms with van der Waals surface area (Å²) < 4.78 is 52.9. The monoisotopic (exact) mass is 390 g/mol. The predicted molar refractivity (Wildman–Crippen MR) is 86.9 cm³/mol. The Hall–Kier alpha value is -1.49. The lowest BCUT2D eigenvalue weighted by molar-refractivity contribution is 0.400. The summed E-state index contributed by atoms with van der Waals surface area (Å²) in [6.07, 6.45) is 3.70. The topological polar surface area (TPSA) is 111 Å². The molecule has 8 nitrogen and oxygen atoms in total. The van der Waals surface area contributed by atoms with E-state index in [1.54, 1.807) is 4.68 Å². The zero-order valence-corrected chi connectivity index (χ0v) is 15.1. The first-order valence-electron chi connectivity index (χ1n) is 7.08. The molecule has 0 fully saturated rings. The quantitative estimate of drug-likeness (QED) is 0.838. The molecular weight excluding hydrogens is 376 g/mol. The molecule has 1 aliphatic heterocycles. The van der Waals surface area contributed by atoms with E-state index < -0.39 is 25.9 Å². The number of sulfone groups is 1. The molecule has 1 N–H and O–H groups in total. The van der Waals surface area contributed by atoms with Crippen LogP contribution in [-0.4, -0.2) is 37.9 Å². The predicted octanol–water partition coefficient (Wildman–Crippen LogP) is 1.15. The number of aromatic nitrogens is 3. The molecular formula is C13H15ClN4O4S2. The van der Waals surface area contributed by atoms with E-state index in [4.69, 9.17) is 11.6 Å². The first-order valence-corrected chi connectivity index (χ1v) is 10.8. The molecule has 0 saturated carbocycles. The SMILES string of the molecule is CS(=O)(=O)c1ccc(Cl)c(S(=O)(=O)N[C@H]2CCCn3ncnc32)c1. The molecule has 0 unspecified atom stereocenters. The van der Waals surface area contributed by atoms with E-state index in [0.29, 0.717) is 18.8 Å². The summed E-state index contributed by atoms with van der Waals surface area (Å²) >= 11 is 5.98. The Morgan fingerprint density at radius 3 is 2.75 bits per heavy atom. The highest BCUT2D eigenvalue weighted by molar-refractivity contribution is 7.91. The Morgan fingerprint density at radius 1 is 1.29 bits per heavy atom. The minimum Gasteiger partial charge on any atom is -0.248 e. The lowest BCUT2D eigenvalue weighted by Crippen LogP contribution is -2.33. The van der Waals surface area contributed by atoms with Crippen molar-refractivity contribution < 1.29 is 16.8 Å². The third-order valence-electron chi connectivity index (χ3n) is 3.74. The van der Waals surface area contributed by atoms with Crippen molar-refractivity contribution in [1.82, 2.24) is 19.5 Å². The van der Waals surface area contributed by atoms with Crippen LogP contribution < -0.4 is 4.72 Å². The van der Waals surface area contributed by atoms with Crippen molar-refractivity contribution in [3.63, 3.8) is 0 Å². The van der Waals surface area contributed by atoms with Gasteiger partial charge < -0.3 is 0 Å². The minimum atomic E-state index is -4.02. The number of nitrogens with zero attached hydrogens (tertiary/aromatic N) is 3. The molecule has 24 heavy (non-hydrogen) atoms. The number of sulfonamides is 1. The molecule has 0 saturated heterocycles. The van der Waals surface area contributed by atoms with Crippen molar-refractivity contribution in [2.75, 3.05) is 6.26 Å². The maximum absolute atomic E-state index is 12.7. The van der Waals surface area contributed by atoms with E-state index in [2.05, 4.69) is 14.8 Å². The van der Waals surface area contributed by atoms with Crippen LogP contribution in [0.3, 0.4) is 0 Å². The minimum absolute atomic E-state index is 0.0489. The number of halogens is 1. The van der Waals surface area contributed by atoms with Crippen molar-refractivity contribution in [1.29, 1.82) is 0 Å². The summed E-state index contributed by atoms with van der Waals surface area (Å²) in [5.41, 5.74) is 0. The third kappa shape index (κ3) is 3.32. The number of aryl methyl sites for hydroxylation is 1. The summed E-state index contributed by atoms with van der Waals surface area (Å²) in [5.74, 6) is 0.528. The lowest BCUT2D eigenvalue weighted by atomic mass is 10.1. The van der Waals surface area contributed by atoms with Gasteiger partial charge in [-0.3, -0.25) is 0 Å². The number of hydrogen-bond donors (Lipinski definition) is 1. The maximum Gasteiger partial charge on any atom is 0.242 e. The van der Waals surface area contributed by atoms with Crippen LogP contribution in [0.15, 0.2) is 34.3 Å². The first kappa shape index (κ1) is 17.3. The van der Waals surface area contributed by atoms with Gasteiger partial charge in [-0.2, -0.15) is 5.10 Å². The summed E-state index contributed by atoms with van der Waals surface area (Å²) in [7, 11) is -7.57. The molecule has 130 valence electrons. The Labute approximate surface area is 144 Å². The Bertz CT molecular complexity index is 985. The van der Waals surface area contributed by atoms with Crippen molar-refractivity contribution in [3.05, 3.63) is 35.4 Å². The van der Waals surface area contributed by atoms with Crippen molar-refractivity contribution in [2.45, 2.75) is 35.2 Å². The molecule has 3 rings (SSSR count). The van der Waals surface area contributed by atoms with Crippen LogP contribution >= 0.6 is 11.6 Å². The number of hydrogen-bond acceptors (Lipinski definition) is 6. The Morgan fingerprint density at radius 2 is 2.04 bits per heavy atom. The standard InChI is InChI=1S/C13H15ClN4O4S2/c1-23(19,20)9-4-5-10(14)12(7-9)24(21,22)17-11-3-2-6-18-13(11)15-8-16-18/h4-5,7-8,11,17H,2-3,6H2,1H3/t11-/m0/s1. The van der Waals surface area contributed by atoms with Gasteiger partial charge in [0.15, 0.2) is 9.84 Å². The van der Waals surface area contributed by atoms with Gasteiger partial charge in [-0.05, 0) is 31.0 Å². The molecule has 2 heterocycles. The van der Waals surface area contributed by atoms with Gasteiger partial charge in [0.2, 0.25) is 10.0 Å². The molecule has 0 amide bonds. The highest BCUT2D eigenvalue weighted by atomic mass is 35.5. The Balaban J connectivity index is 1.98. The molecule has 1 atom stereocenters. The van der Waals surface area contributed by atoms with E-state index >= 15 is 0 Å². The molecule has 0 aliphatic carbocycles. The number of rotatable bonds is 4. The van der Waals surface area contributed by atoms with Gasteiger partial charge in [0, 0.05) is 12.8 Å². The highest BCUT2D eigenvalue weighted by Gasteiger charge is 2.29. The van der Waals surface area contributed by atoms with E-state index in [0.717, 1.165) is 18.7 Å². The van der Waals surface area contributed by atoms with E-state index in [1.807, 2.05) is 0 Å². The van der Waals surface area contributed by atoms with Crippen LogP contribution in [0.2, 0.25) is 5.02 Å². The third-order valence-corrected chi connectivity index (χ3v) is 6.80. The average molecular weight is 391 g/mol. The molecule has 1 aliphatic rings. The van der Waals surface area contributed by atoms with Crippen LogP contribution in [0, 0.1) is 0 Å². The van der Waals surface area contributed by atoms with E-state index in [1.165, 1.54) is 18.5 Å². The van der Waals surface area contributed by atoms with Crippen LogP contribution in [0.5, 0.6) is 0 Å². The number of benzene rings is 1. The van der Waals surface area contributed by atoms with Gasteiger partial charge in [-0.1, -0.05) is 11.6 Å². The normalized spacial score (nSPS) is 18.3. The van der Waals surface area contributed by atoms with Gasteiger partial charge in [0.25, 0.3) is 0 Å². The largest absolute Gasteiger partial charge is 0.248 e. The molecule has 0 radical (unpaired) electrons. The lowest BCUT2D eigenvalue weighted by Gasteiger charge is -2.23. The van der Waals surface area contributed by atoms with Crippen molar-refractivity contribution in [3.8, 4) is 0 Å². The zero-order valence-electron chi connectivity index (χ0n) is 12.7. The van der Waals surface area contributed by atoms with Crippen LogP contribution in [0.25, 0.3) is 0 Å². The fourth-order valence-electron chi connectivity index (χ4n) is 2.57. The molecule has 2 aromatic rings. The molecule has 0 spiro atoms. The van der Waals surface area contributed by atoms with E-state index in [-0.39, 0.29) is 14.8 Å². The van der Waals surface area contributed by atoms with Crippen LogP contribution in [0.1, 0.15) is 24.7 Å². The molecule has 11 heteroatoms. The second-order valence-corrected chi connectivity index (χ2v) is 9.63. The summed E-state index contributed by atoms with van der Waals surface area (Å²) in [4.78, 5) is 3.71. The van der Waals surface area contributed by atoms with Crippen molar-refractivity contribution >= 4 is 31.5 Å². The molecule has 1 aromatic heterocycles. The van der Waals surface area contributed by atoms with Gasteiger partial charge >= 0.3 is 0 Å². The smallest absolute Gasteiger partial charge is 0.242 e.